The van der Waals surface area contributed by atoms with Gasteiger partial charge in [0.05, 0.1) is 49.8 Å². The number of aryl methyl sites for hydroxylation is 1. The van der Waals surface area contributed by atoms with Crippen molar-refractivity contribution in [1.29, 1.82) is 0 Å². The maximum Gasteiger partial charge on any atom is 0.216 e. The van der Waals surface area contributed by atoms with E-state index in [0.717, 1.165) is 41.9 Å². The molecule has 3 aromatic rings. The van der Waals surface area contributed by atoms with Crippen molar-refractivity contribution in [2.75, 3.05) is 20.3 Å². The fraction of sp³-hybridized carbons (Fsp3) is 0.560. The lowest BCUT2D eigenvalue weighted by Crippen LogP contribution is -2.43. The average molecular weight is 451 g/mol. The zero-order chi connectivity index (χ0) is 22.9. The summed E-state index contributed by atoms with van der Waals surface area (Å²) in [5.41, 5.74) is 6.46. The Balaban J connectivity index is 1.47. The van der Waals surface area contributed by atoms with Gasteiger partial charge in [0.1, 0.15) is 0 Å². The molecule has 8 heteroatoms. The summed E-state index contributed by atoms with van der Waals surface area (Å²) in [6, 6.07) is 3.20. The number of piperidine rings is 1. The van der Waals surface area contributed by atoms with Crippen LogP contribution in [0, 0.1) is 12.8 Å². The van der Waals surface area contributed by atoms with Crippen LogP contribution < -0.4 is 10.1 Å². The van der Waals surface area contributed by atoms with E-state index in [1.165, 1.54) is 24.1 Å². The Labute approximate surface area is 195 Å². The van der Waals surface area contributed by atoms with Crippen LogP contribution in [-0.4, -0.2) is 57.0 Å². The molecule has 0 radical (unpaired) electrons. The van der Waals surface area contributed by atoms with Crippen LogP contribution in [0.5, 0.6) is 5.88 Å². The zero-order valence-corrected chi connectivity index (χ0v) is 20.0. The minimum atomic E-state index is 0.557. The summed E-state index contributed by atoms with van der Waals surface area (Å²) in [4.78, 5) is 4.47. The van der Waals surface area contributed by atoms with Gasteiger partial charge in [-0.3, -0.25) is 4.68 Å². The molecule has 0 aliphatic carbocycles. The van der Waals surface area contributed by atoms with Crippen LogP contribution in [-0.2, 0) is 24.1 Å². The summed E-state index contributed by atoms with van der Waals surface area (Å²) in [5, 5.41) is 13.4. The zero-order valence-electron chi connectivity index (χ0n) is 20.0. The number of pyridine rings is 1. The molecule has 0 aromatic carbocycles. The number of hydrogen-bond acceptors (Lipinski definition) is 6. The molecular formula is C25H34N6O2. The van der Waals surface area contributed by atoms with Crippen molar-refractivity contribution in [3.05, 3.63) is 41.5 Å². The molecule has 1 saturated heterocycles. The normalized spacial score (nSPS) is 23.2. The highest BCUT2D eigenvalue weighted by molar-refractivity contribution is 5.64. The SMILES string of the molecule is COc1ncc(-n2nc(-c3cnn(C[C@H]4C[C@@H](C)N[C@@H](C)C4)c3)c3c2CCOCC3)cc1C. The summed E-state index contributed by atoms with van der Waals surface area (Å²) < 4.78 is 15.3. The lowest BCUT2D eigenvalue weighted by molar-refractivity contribution is 0.145. The maximum atomic E-state index is 5.80. The van der Waals surface area contributed by atoms with Gasteiger partial charge < -0.3 is 14.8 Å². The third kappa shape index (κ3) is 4.54. The van der Waals surface area contributed by atoms with Crippen molar-refractivity contribution in [1.82, 2.24) is 29.9 Å². The Morgan fingerprint density at radius 3 is 2.70 bits per heavy atom. The van der Waals surface area contributed by atoms with Gasteiger partial charge in [0.15, 0.2) is 0 Å². The van der Waals surface area contributed by atoms with Crippen LogP contribution in [0.15, 0.2) is 24.7 Å². The van der Waals surface area contributed by atoms with Gasteiger partial charge in [0.2, 0.25) is 5.88 Å². The standard InChI is InChI=1S/C25H34N6O2/c1-16-9-21(13-26-25(16)32-4)31-23-6-8-33-7-5-22(23)24(29-31)20-12-27-30(15-20)14-19-10-17(2)28-18(3)11-19/h9,12-13,15,17-19,28H,5-8,10-11,14H2,1-4H3/t17-,18+,19+. The molecule has 176 valence electrons. The van der Waals surface area contributed by atoms with Gasteiger partial charge in [0, 0.05) is 47.9 Å². The van der Waals surface area contributed by atoms with Crippen LogP contribution >= 0.6 is 0 Å². The van der Waals surface area contributed by atoms with E-state index in [2.05, 4.69) is 41.1 Å². The second kappa shape index (κ2) is 9.27. The van der Waals surface area contributed by atoms with E-state index in [-0.39, 0.29) is 0 Å². The average Bonchev–Trinajstić information content (AvgIpc) is 3.29. The molecule has 2 aliphatic heterocycles. The predicted octanol–water partition coefficient (Wildman–Crippen LogP) is 3.34. The third-order valence-corrected chi connectivity index (χ3v) is 6.82. The highest BCUT2D eigenvalue weighted by Crippen LogP contribution is 2.31. The molecule has 8 nitrogen and oxygen atoms in total. The minimum absolute atomic E-state index is 0.557. The molecule has 3 aromatic heterocycles. The molecule has 5 heterocycles. The van der Waals surface area contributed by atoms with Gasteiger partial charge in [-0.1, -0.05) is 0 Å². The molecule has 0 saturated carbocycles. The molecule has 0 spiro atoms. The first kappa shape index (κ1) is 22.1. The highest BCUT2D eigenvalue weighted by atomic mass is 16.5. The summed E-state index contributed by atoms with van der Waals surface area (Å²) in [6.45, 7) is 8.92. The van der Waals surface area contributed by atoms with E-state index in [9.17, 15) is 0 Å². The van der Waals surface area contributed by atoms with Crippen molar-refractivity contribution >= 4 is 0 Å². The number of fused-ring (bicyclic) bond motifs is 1. The Morgan fingerprint density at radius 2 is 1.94 bits per heavy atom. The van der Waals surface area contributed by atoms with E-state index >= 15 is 0 Å². The lowest BCUT2D eigenvalue weighted by atomic mass is 9.89. The van der Waals surface area contributed by atoms with Gasteiger partial charge in [0.25, 0.3) is 0 Å². The molecule has 0 unspecified atom stereocenters. The summed E-state index contributed by atoms with van der Waals surface area (Å²) in [7, 11) is 1.65. The second-order valence-electron chi connectivity index (χ2n) is 9.57. The van der Waals surface area contributed by atoms with Gasteiger partial charge in [-0.2, -0.15) is 10.2 Å². The lowest BCUT2D eigenvalue weighted by Gasteiger charge is -2.32. The number of methoxy groups -OCH3 is 1. The van der Waals surface area contributed by atoms with Gasteiger partial charge in [-0.25, -0.2) is 9.67 Å². The summed E-state index contributed by atoms with van der Waals surface area (Å²) >= 11 is 0. The van der Waals surface area contributed by atoms with E-state index < -0.39 is 0 Å². The fourth-order valence-electron chi connectivity index (χ4n) is 5.49. The molecule has 1 fully saturated rings. The summed E-state index contributed by atoms with van der Waals surface area (Å²) in [6.07, 6.45) is 10.00. The number of ether oxygens (including phenoxy) is 2. The topological polar surface area (TPSA) is 79.0 Å². The highest BCUT2D eigenvalue weighted by Gasteiger charge is 2.25. The molecular weight excluding hydrogens is 416 g/mol. The van der Waals surface area contributed by atoms with E-state index in [4.69, 9.17) is 19.7 Å². The van der Waals surface area contributed by atoms with Gasteiger partial charge >= 0.3 is 0 Å². The molecule has 3 atom stereocenters. The van der Waals surface area contributed by atoms with Crippen molar-refractivity contribution in [3.8, 4) is 22.8 Å². The van der Waals surface area contributed by atoms with Gasteiger partial charge in [-0.15, -0.1) is 0 Å². The second-order valence-corrected chi connectivity index (χ2v) is 9.57. The molecule has 5 rings (SSSR count). The molecule has 2 aliphatic rings. The Morgan fingerprint density at radius 1 is 1.15 bits per heavy atom. The van der Waals surface area contributed by atoms with Crippen molar-refractivity contribution in [2.45, 2.75) is 65.1 Å². The maximum absolute atomic E-state index is 5.80. The fourth-order valence-corrected chi connectivity index (χ4v) is 5.49. The quantitative estimate of drug-likeness (QED) is 0.642. The summed E-state index contributed by atoms with van der Waals surface area (Å²) in [5.74, 6) is 1.28. The predicted molar refractivity (Wildman–Crippen MR) is 127 cm³/mol. The van der Waals surface area contributed by atoms with E-state index in [1.54, 1.807) is 7.11 Å². The number of nitrogens with one attached hydrogen (secondary N) is 1. The van der Waals surface area contributed by atoms with E-state index in [1.807, 2.05) is 24.0 Å². The van der Waals surface area contributed by atoms with E-state index in [0.29, 0.717) is 37.1 Å². The number of nitrogens with zero attached hydrogens (tertiary/aromatic N) is 5. The smallest absolute Gasteiger partial charge is 0.216 e. The van der Waals surface area contributed by atoms with Crippen LogP contribution in [0.25, 0.3) is 16.9 Å². The first-order valence-electron chi connectivity index (χ1n) is 12.0. The number of rotatable bonds is 5. The van der Waals surface area contributed by atoms with Crippen LogP contribution in [0.2, 0.25) is 0 Å². The number of hydrogen-bond donors (Lipinski definition) is 1. The first-order valence-corrected chi connectivity index (χ1v) is 12.0. The minimum Gasteiger partial charge on any atom is -0.481 e. The van der Waals surface area contributed by atoms with Crippen LogP contribution in [0.1, 0.15) is 43.5 Å². The molecule has 0 bridgehead atoms. The van der Waals surface area contributed by atoms with Crippen molar-refractivity contribution in [3.63, 3.8) is 0 Å². The molecule has 1 N–H and O–H groups in total. The Bertz CT molecular complexity index is 1110. The van der Waals surface area contributed by atoms with Crippen LogP contribution in [0.4, 0.5) is 0 Å². The van der Waals surface area contributed by atoms with Crippen molar-refractivity contribution < 1.29 is 9.47 Å². The first-order chi connectivity index (χ1) is 16.0. The monoisotopic (exact) mass is 450 g/mol. The van der Waals surface area contributed by atoms with Crippen molar-refractivity contribution in [2.24, 2.45) is 5.92 Å². The Hall–Kier alpha value is -2.71. The number of aromatic nitrogens is 5. The molecule has 0 amide bonds. The largest absolute Gasteiger partial charge is 0.481 e. The molecule has 33 heavy (non-hydrogen) atoms. The van der Waals surface area contributed by atoms with Gasteiger partial charge in [-0.05, 0) is 52.0 Å². The van der Waals surface area contributed by atoms with Crippen LogP contribution in [0.3, 0.4) is 0 Å². The third-order valence-electron chi connectivity index (χ3n) is 6.82. The Kier molecular flexibility index (Phi) is 6.21.